The Hall–Kier alpha value is -1.26. The lowest BCUT2D eigenvalue weighted by molar-refractivity contribution is 0.174. The van der Waals surface area contributed by atoms with Crippen molar-refractivity contribution < 1.29 is 14.2 Å². The molecule has 0 aliphatic rings. The fourth-order valence-electron chi connectivity index (χ4n) is 1.31. The number of methoxy groups -OCH3 is 3. The molecule has 1 aromatic rings. The van der Waals surface area contributed by atoms with E-state index >= 15 is 0 Å². The van der Waals surface area contributed by atoms with Gasteiger partial charge in [-0.15, -0.1) is 0 Å². The van der Waals surface area contributed by atoms with Crippen LogP contribution in [0.1, 0.15) is 5.56 Å². The van der Waals surface area contributed by atoms with Crippen molar-refractivity contribution in [1.29, 1.82) is 0 Å². The number of ether oxygens (including phenoxy) is 3. The van der Waals surface area contributed by atoms with Crippen LogP contribution >= 0.6 is 0 Å². The first-order valence-corrected chi connectivity index (χ1v) is 4.72. The van der Waals surface area contributed by atoms with Crippen LogP contribution in [0.4, 0.5) is 0 Å². The minimum atomic E-state index is 0.514. The van der Waals surface area contributed by atoms with Gasteiger partial charge in [-0.2, -0.15) is 0 Å². The lowest BCUT2D eigenvalue weighted by Crippen LogP contribution is -2.16. The Morgan fingerprint density at radius 2 is 1.93 bits per heavy atom. The molecule has 4 heteroatoms. The highest BCUT2D eigenvalue weighted by molar-refractivity contribution is 5.40. The third-order valence-electron chi connectivity index (χ3n) is 2.05. The highest BCUT2D eigenvalue weighted by Crippen LogP contribution is 2.23. The molecule has 0 heterocycles. The van der Waals surface area contributed by atoms with Crippen molar-refractivity contribution in [3.8, 4) is 11.5 Å². The van der Waals surface area contributed by atoms with E-state index in [-0.39, 0.29) is 0 Å². The lowest BCUT2D eigenvalue weighted by atomic mass is 10.2. The van der Waals surface area contributed by atoms with Crippen LogP contribution in [0.3, 0.4) is 0 Å². The van der Waals surface area contributed by atoms with E-state index in [1.54, 1.807) is 21.3 Å². The zero-order valence-corrected chi connectivity index (χ0v) is 9.37. The maximum Gasteiger partial charge on any atom is 0.123 e. The summed E-state index contributed by atoms with van der Waals surface area (Å²) >= 11 is 0. The zero-order valence-electron chi connectivity index (χ0n) is 9.37. The van der Waals surface area contributed by atoms with Crippen molar-refractivity contribution in [3.63, 3.8) is 0 Å². The van der Waals surface area contributed by atoms with Crippen LogP contribution < -0.4 is 14.8 Å². The number of rotatable bonds is 6. The second kappa shape index (κ2) is 6.27. The number of hydrogen-bond donors (Lipinski definition) is 1. The minimum Gasteiger partial charge on any atom is -0.497 e. The van der Waals surface area contributed by atoms with Crippen LogP contribution in [0.5, 0.6) is 11.5 Å². The summed E-state index contributed by atoms with van der Waals surface area (Å²) in [6, 6.07) is 5.71. The highest BCUT2D eigenvalue weighted by atomic mass is 16.5. The summed E-state index contributed by atoms with van der Waals surface area (Å²) in [5, 5.41) is 3.12. The molecule has 84 valence electrons. The van der Waals surface area contributed by atoms with Crippen LogP contribution in [0.2, 0.25) is 0 Å². The first-order valence-electron chi connectivity index (χ1n) is 4.72. The average Bonchev–Trinajstić information content (AvgIpc) is 2.29. The zero-order chi connectivity index (χ0) is 11.1. The van der Waals surface area contributed by atoms with Crippen LogP contribution in [-0.4, -0.2) is 28.1 Å². The summed E-state index contributed by atoms with van der Waals surface area (Å²) in [7, 11) is 4.95. The maximum atomic E-state index is 5.24. The van der Waals surface area contributed by atoms with Crippen LogP contribution in [0, 0.1) is 0 Å². The fraction of sp³-hybridized carbons (Fsp3) is 0.455. The van der Waals surface area contributed by atoms with Gasteiger partial charge in [0.05, 0.1) is 21.0 Å². The maximum absolute atomic E-state index is 5.24. The van der Waals surface area contributed by atoms with Gasteiger partial charge < -0.3 is 14.2 Å². The van der Waals surface area contributed by atoms with Crippen molar-refractivity contribution in [3.05, 3.63) is 23.8 Å². The summed E-state index contributed by atoms with van der Waals surface area (Å²) in [5.74, 6) is 1.67. The quantitative estimate of drug-likeness (QED) is 0.570. The Bertz CT molecular complexity index is 302. The van der Waals surface area contributed by atoms with Gasteiger partial charge in [0.15, 0.2) is 0 Å². The van der Waals surface area contributed by atoms with Gasteiger partial charge in [-0.1, -0.05) is 0 Å². The first-order chi connectivity index (χ1) is 7.31. The van der Waals surface area contributed by atoms with Gasteiger partial charge in [-0.05, 0) is 18.2 Å². The molecule has 0 atom stereocenters. The molecule has 0 unspecified atom stereocenters. The number of nitrogens with one attached hydrogen (secondary N) is 1. The molecule has 0 saturated heterocycles. The normalized spacial score (nSPS) is 10.1. The number of hydrogen-bond acceptors (Lipinski definition) is 4. The molecule has 0 radical (unpaired) electrons. The summed E-state index contributed by atoms with van der Waals surface area (Å²) in [6.07, 6.45) is 0. The van der Waals surface area contributed by atoms with Crippen molar-refractivity contribution in [2.75, 3.05) is 28.1 Å². The summed E-state index contributed by atoms with van der Waals surface area (Å²) < 4.78 is 15.3. The third-order valence-corrected chi connectivity index (χ3v) is 2.05. The van der Waals surface area contributed by atoms with Gasteiger partial charge in [-0.25, -0.2) is 0 Å². The van der Waals surface area contributed by atoms with E-state index in [0.29, 0.717) is 13.3 Å². The molecule has 0 aromatic heterocycles. The molecule has 0 aliphatic heterocycles. The summed E-state index contributed by atoms with van der Waals surface area (Å²) in [4.78, 5) is 0. The predicted octanol–water partition coefficient (Wildman–Crippen LogP) is 1.40. The molecule has 1 aromatic carbocycles. The summed E-state index contributed by atoms with van der Waals surface area (Å²) in [6.45, 7) is 1.20. The molecule has 0 saturated carbocycles. The second-order valence-corrected chi connectivity index (χ2v) is 3.04. The Kier molecular flexibility index (Phi) is 4.93. The van der Waals surface area contributed by atoms with E-state index in [4.69, 9.17) is 14.2 Å². The molecular formula is C11H17NO3. The van der Waals surface area contributed by atoms with E-state index < -0.39 is 0 Å². The second-order valence-electron chi connectivity index (χ2n) is 3.04. The SMILES string of the molecule is COCNCc1cc(OC)ccc1OC. The van der Waals surface area contributed by atoms with Crippen LogP contribution in [0.15, 0.2) is 18.2 Å². The molecule has 1 rings (SSSR count). The lowest BCUT2D eigenvalue weighted by Gasteiger charge is -2.10. The van der Waals surface area contributed by atoms with Gasteiger partial charge in [0, 0.05) is 19.2 Å². The Labute approximate surface area is 90.1 Å². The Balaban J connectivity index is 2.72. The molecule has 4 nitrogen and oxygen atoms in total. The van der Waals surface area contributed by atoms with Crippen LogP contribution in [-0.2, 0) is 11.3 Å². The Morgan fingerprint density at radius 1 is 1.13 bits per heavy atom. The molecule has 0 bridgehead atoms. The molecule has 0 amide bonds. The van der Waals surface area contributed by atoms with Crippen LogP contribution in [0.25, 0.3) is 0 Å². The van der Waals surface area contributed by atoms with Crippen molar-refractivity contribution in [2.45, 2.75) is 6.54 Å². The van der Waals surface area contributed by atoms with Gasteiger partial charge in [0.2, 0.25) is 0 Å². The van der Waals surface area contributed by atoms with E-state index in [9.17, 15) is 0 Å². The van der Waals surface area contributed by atoms with Crippen molar-refractivity contribution in [1.82, 2.24) is 5.32 Å². The number of benzene rings is 1. The van der Waals surface area contributed by atoms with Crippen molar-refractivity contribution >= 4 is 0 Å². The van der Waals surface area contributed by atoms with Gasteiger partial charge in [0.1, 0.15) is 11.5 Å². The molecule has 1 N–H and O–H groups in total. The van der Waals surface area contributed by atoms with E-state index in [1.807, 2.05) is 18.2 Å². The standard InChI is InChI=1S/C11H17NO3/c1-13-8-12-7-9-6-10(14-2)4-5-11(9)15-3/h4-6,12H,7-8H2,1-3H3. The fourth-order valence-corrected chi connectivity index (χ4v) is 1.31. The minimum absolute atomic E-state index is 0.514. The topological polar surface area (TPSA) is 39.7 Å². The third kappa shape index (κ3) is 3.42. The van der Waals surface area contributed by atoms with E-state index in [1.165, 1.54) is 0 Å². The van der Waals surface area contributed by atoms with Crippen molar-refractivity contribution in [2.24, 2.45) is 0 Å². The molecule has 15 heavy (non-hydrogen) atoms. The van der Waals surface area contributed by atoms with Gasteiger partial charge in [-0.3, -0.25) is 5.32 Å². The van der Waals surface area contributed by atoms with E-state index in [0.717, 1.165) is 17.1 Å². The monoisotopic (exact) mass is 211 g/mol. The first kappa shape index (κ1) is 11.8. The summed E-state index contributed by atoms with van der Waals surface area (Å²) in [5.41, 5.74) is 1.05. The molecule has 0 spiro atoms. The largest absolute Gasteiger partial charge is 0.497 e. The molecule has 0 aliphatic carbocycles. The average molecular weight is 211 g/mol. The highest BCUT2D eigenvalue weighted by Gasteiger charge is 2.03. The smallest absolute Gasteiger partial charge is 0.123 e. The molecular weight excluding hydrogens is 194 g/mol. The van der Waals surface area contributed by atoms with Gasteiger partial charge in [0.25, 0.3) is 0 Å². The van der Waals surface area contributed by atoms with E-state index in [2.05, 4.69) is 5.32 Å². The Morgan fingerprint density at radius 3 is 2.53 bits per heavy atom. The van der Waals surface area contributed by atoms with Gasteiger partial charge >= 0.3 is 0 Å². The molecule has 0 fully saturated rings. The predicted molar refractivity (Wildman–Crippen MR) is 58.3 cm³/mol.